The van der Waals surface area contributed by atoms with Gasteiger partial charge in [0.1, 0.15) is 18.1 Å². The number of amides is 2. The average Bonchev–Trinajstić information content (AvgIpc) is 2.70. The number of carbonyl (C=O) groups excluding carboxylic acids is 2. The van der Waals surface area contributed by atoms with E-state index >= 15 is 0 Å². The van der Waals surface area contributed by atoms with Gasteiger partial charge in [0.25, 0.3) is 5.91 Å². The summed E-state index contributed by atoms with van der Waals surface area (Å²) in [6, 6.07) is 0.336. The van der Waals surface area contributed by atoms with Crippen molar-refractivity contribution in [2.75, 3.05) is 0 Å². The van der Waals surface area contributed by atoms with Gasteiger partial charge in [-0.15, -0.1) is 0 Å². The molecule has 7 nitrogen and oxygen atoms in total. The van der Waals surface area contributed by atoms with Crippen molar-refractivity contribution in [3.8, 4) is 0 Å². The second-order valence-electron chi connectivity index (χ2n) is 3.82. The first-order valence-electron chi connectivity index (χ1n) is 5.27. The highest BCUT2D eigenvalue weighted by molar-refractivity contribution is 5.96. The molecule has 1 atom stereocenters. The summed E-state index contributed by atoms with van der Waals surface area (Å²) in [4.78, 5) is 33.1. The first-order chi connectivity index (χ1) is 8.40. The van der Waals surface area contributed by atoms with Crippen molar-refractivity contribution in [1.29, 1.82) is 0 Å². The third kappa shape index (κ3) is 3.93. The van der Waals surface area contributed by atoms with E-state index in [2.05, 4.69) is 5.32 Å². The smallest absolute Gasteiger partial charge is 0.326 e. The topological polar surface area (TPSA) is 123 Å². The number of primary amides is 1. The number of aliphatic carboxylic acids is 1. The number of carbonyl (C=O) groups is 3. The fourth-order valence-electron chi connectivity index (χ4n) is 1.35. The molecule has 18 heavy (non-hydrogen) atoms. The van der Waals surface area contributed by atoms with E-state index in [-0.39, 0.29) is 18.4 Å². The minimum absolute atomic E-state index is 0.0484. The first-order valence-corrected chi connectivity index (χ1v) is 5.27. The van der Waals surface area contributed by atoms with Crippen LogP contribution in [0.2, 0.25) is 0 Å². The SMILES string of the molecule is Cc1cc(C(=O)N[C@@H](CCC(N)=O)C(=O)O)co1. The van der Waals surface area contributed by atoms with Crippen molar-refractivity contribution < 1.29 is 23.9 Å². The number of furan rings is 1. The van der Waals surface area contributed by atoms with Crippen molar-refractivity contribution in [2.45, 2.75) is 25.8 Å². The van der Waals surface area contributed by atoms with Crippen molar-refractivity contribution in [1.82, 2.24) is 5.32 Å². The van der Waals surface area contributed by atoms with Crippen LogP contribution < -0.4 is 11.1 Å². The molecule has 1 rings (SSSR count). The van der Waals surface area contributed by atoms with Crippen LogP contribution in [0.1, 0.15) is 29.0 Å². The van der Waals surface area contributed by atoms with E-state index in [1.165, 1.54) is 12.3 Å². The van der Waals surface area contributed by atoms with Crippen LogP contribution in [-0.4, -0.2) is 28.9 Å². The zero-order valence-corrected chi connectivity index (χ0v) is 9.80. The molecule has 0 saturated carbocycles. The molecule has 2 amide bonds. The van der Waals surface area contributed by atoms with Gasteiger partial charge in [0, 0.05) is 6.42 Å². The number of hydrogen-bond donors (Lipinski definition) is 3. The van der Waals surface area contributed by atoms with Gasteiger partial charge in [0.05, 0.1) is 5.56 Å². The summed E-state index contributed by atoms with van der Waals surface area (Å²) in [6.45, 7) is 1.67. The van der Waals surface area contributed by atoms with E-state index < -0.39 is 23.8 Å². The van der Waals surface area contributed by atoms with Gasteiger partial charge in [-0.1, -0.05) is 0 Å². The van der Waals surface area contributed by atoms with Gasteiger partial charge in [-0.05, 0) is 19.4 Å². The third-order valence-corrected chi connectivity index (χ3v) is 2.28. The molecule has 0 saturated heterocycles. The molecule has 7 heteroatoms. The van der Waals surface area contributed by atoms with Gasteiger partial charge in [-0.25, -0.2) is 4.79 Å². The zero-order valence-electron chi connectivity index (χ0n) is 9.80. The Labute approximate surface area is 103 Å². The van der Waals surface area contributed by atoms with Crippen LogP contribution in [0.15, 0.2) is 16.7 Å². The van der Waals surface area contributed by atoms with Gasteiger partial charge in [-0.2, -0.15) is 0 Å². The number of rotatable bonds is 6. The lowest BCUT2D eigenvalue weighted by Crippen LogP contribution is -2.41. The van der Waals surface area contributed by atoms with E-state index in [1.807, 2.05) is 0 Å². The summed E-state index contributed by atoms with van der Waals surface area (Å²) in [7, 11) is 0. The number of aryl methyl sites for hydroxylation is 1. The molecule has 1 heterocycles. The quantitative estimate of drug-likeness (QED) is 0.661. The highest BCUT2D eigenvalue weighted by Gasteiger charge is 2.21. The molecule has 0 fully saturated rings. The Morgan fingerprint density at radius 1 is 1.50 bits per heavy atom. The van der Waals surface area contributed by atoms with Crippen LogP contribution in [0.3, 0.4) is 0 Å². The van der Waals surface area contributed by atoms with E-state index in [0.717, 1.165) is 0 Å². The van der Waals surface area contributed by atoms with Gasteiger partial charge in [-0.3, -0.25) is 9.59 Å². The van der Waals surface area contributed by atoms with Crippen molar-refractivity contribution in [3.63, 3.8) is 0 Å². The Bertz CT molecular complexity index is 466. The maximum absolute atomic E-state index is 11.7. The standard InChI is InChI=1S/C11H14N2O5/c1-6-4-7(5-18-6)10(15)13-8(11(16)17)2-3-9(12)14/h4-5,8H,2-3H2,1H3,(H2,12,14)(H,13,15)(H,16,17)/t8-/m0/s1. The molecule has 0 aromatic carbocycles. The Morgan fingerprint density at radius 2 is 2.17 bits per heavy atom. The molecule has 0 radical (unpaired) electrons. The lowest BCUT2D eigenvalue weighted by molar-refractivity contribution is -0.139. The summed E-state index contributed by atoms with van der Waals surface area (Å²) >= 11 is 0. The average molecular weight is 254 g/mol. The Balaban J connectivity index is 2.63. The molecular weight excluding hydrogens is 240 g/mol. The van der Waals surface area contributed by atoms with Gasteiger partial charge < -0.3 is 20.6 Å². The molecule has 1 aromatic rings. The number of carboxylic acids is 1. The van der Waals surface area contributed by atoms with Gasteiger partial charge in [0.2, 0.25) is 5.91 Å². The predicted molar refractivity (Wildman–Crippen MR) is 60.8 cm³/mol. The van der Waals surface area contributed by atoms with Crippen molar-refractivity contribution in [2.24, 2.45) is 5.73 Å². The molecule has 0 aliphatic rings. The van der Waals surface area contributed by atoms with Crippen LogP contribution in [0, 0.1) is 6.92 Å². The Kier molecular flexibility index (Phi) is 4.47. The minimum atomic E-state index is -1.22. The maximum atomic E-state index is 11.7. The number of hydrogen-bond acceptors (Lipinski definition) is 4. The molecule has 0 aliphatic carbocycles. The normalized spacial score (nSPS) is 11.8. The number of nitrogens with two attached hydrogens (primary N) is 1. The Morgan fingerprint density at radius 3 is 2.61 bits per heavy atom. The molecule has 0 aliphatic heterocycles. The molecule has 0 unspecified atom stereocenters. The van der Waals surface area contributed by atoms with Crippen LogP contribution >= 0.6 is 0 Å². The van der Waals surface area contributed by atoms with E-state index in [4.69, 9.17) is 15.3 Å². The molecule has 98 valence electrons. The number of nitrogens with one attached hydrogen (secondary N) is 1. The molecule has 0 spiro atoms. The highest BCUT2D eigenvalue weighted by Crippen LogP contribution is 2.07. The maximum Gasteiger partial charge on any atom is 0.326 e. The fraction of sp³-hybridized carbons (Fsp3) is 0.364. The lowest BCUT2D eigenvalue weighted by Gasteiger charge is -2.12. The van der Waals surface area contributed by atoms with Gasteiger partial charge in [0.15, 0.2) is 0 Å². The third-order valence-electron chi connectivity index (χ3n) is 2.28. The van der Waals surface area contributed by atoms with Crippen LogP contribution in [-0.2, 0) is 9.59 Å². The molecular formula is C11H14N2O5. The molecule has 4 N–H and O–H groups in total. The zero-order chi connectivity index (χ0) is 13.7. The van der Waals surface area contributed by atoms with Gasteiger partial charge >= 0.3 is 5.97 Å². The Hall–Kier alpha value is -2.31. The van der Waals surface area contributed by atoms with Crippen LogP contribution in [0.5, 0.6) is 0 Å². The van der Waals surface area contributed by atoms with Crippen LogP contribution in [0.4, 0.5) is 0 Å². The van der Waals surface area contributed by atoms with Crippen molar-refractivity contribution in [3.05, 3.63) is 23.7 Å². The first kappa shape index (κ1) is 13.8. The molecule has 1 aromatic heterocycles. The second-order valence-corrected chi connectivity index (χ2v) is 3.82. The highest BCUT2D eigenvalue weighted by atomic mass is 16.4. The van der Waals surface area contributed by atoms with E-state index in [0.29, 0.717) is 5.76 Å². The largest absolute Gasteiger partial charge is 0.480 e. The van der Waals surface area contributed by atoms with Crippen LogP contribution in [0.25, 0.3) is 0 Å². The van der Waals surface area contributed by atoms with E-state index in [9.17, 15) is 14.4 Å². The van der Waals surface area contributed by atoms with Crippen molar-refractivity contribution >= 4 is 17.8 Å². The summed E-state index contributed by atoms with van der Waals surface area (Å²) in [5.74, 6) is -1.85. The summed E-state index contributed by atoms with van der Waals surface area (Å²) < 4.78 is 4.94. The number of carboxylic acid groups (broad SMARTS) is 1. The fourth-order valence-corrected chi connectivity index (χ4v) is 1.35. The molecule has 0 bridgehead atoms. The monoisotopic (exact) mass is 254 g/mol. The predicted octanol–water partition coefficient (Wildman–Crippen LogP) is 0.0365. The second kappa shape index (κ2) is 5.85. The minimum Gasteiger partial charge on any atom is -0.480 e. The lowest BCUT2D eigenvalue weighted by atomic mass is 10.1. The summed E-state index contributed by atoms with van der Waals surface area (Å²) in [6.07, 6.45) is 1.08. The summed E-state index contributed by atoms with van der Waals surface area (Å²) in [5.41, 5.74) is 5.16. The summed E-state index contributed by atoms with van der Waals surface area (Å²) in [5, 5.41) is 11.2. The van der Waals surface area contributed by atoms with E-state index in [1.54, 1.807) is 6.92 Å².